The van der Waals surface area contributed by atoms with E-state index in [4.69, 9.17) is 16.6 Å². The number of nitrogens with zero attached hydrogens (tertiary/aromatic N) is 3. The van der Waals surface area contributed by atoms with Crippen molar-refractivity contribution in [3.8, 4) is 11.3 Å². The molecular formula is C21H20N4O3S. The number of hydrogen-bond donors (Lipinski definition) is 1. The number of non-ortho nitro benzene ring substituents is 1. The third-order valence-electron chi connectivity index (χ3n) is 4.92. The molecule has 2 atom stereocenters. The maximum absolute atomic E-state index is 11.1. The van der Waals surface area contributed by atoms with Crippen LogP contribution in [0, 0.1) is 10.1 Å². The molecule has 3 heterocycles. The van der Waals surface area contributed by atoms with Crippen molar-refractivity contribution in [2.45, 2.75) is 25.4 Å². The highest BCUT2D eigenvalue weighted by atomic mass is 32.1. The summed E-state index contributed by atoms with van der Waals surface area (Å²) in [5, 5.41) is 15.1. The fourth-order valence-corrected chi connectivity index (χ4v) is 3.97. The molecule has 4 rings (SSSR count). The molecule has 148 valence electrons. The number of furan rings is 1. The molecule has 1 aliphatic rings. The topological polar surface area (TPSA) is 84.4 Å². The summed E-state index contributed by atoms with van der Waals surface area (Å²) in [6.07, 6.45) is 2.70. The molecule has 29 heavy (non-hydrogen) atoms. The van der Waals surface area contributed by atoms with Gasteiger partial charge in [0, 0.05) is 30.4 Å². The van der Waals surface area contributed by atoms with E-state index in [1.54, 1.807) is 18.3 Å². The van der Waals surface area contributed by atoms with E-state index in [-0.39, 0.29) is 17.8 Å². The third kappa shape index (κ3) is 3.71. The summed E-state index contributed by atoms with van der Waals surface area (Å²) in [7, 11) is 0. The summed E-state index contributed by atoms with van der Waals surface area (Å²) in [4.78, 5) is 17.3. The van der Waals surface area contributed by atoms with E-state index in [2.05, 4.69) is 22.1 Å². The lowest BCUT2D eigenvalue weighted by Gasteiger charge is -2.25. The van der Waals surface area contributed by atoms with Crippen LogP contribution in [0.4, 0.5) is 5.69 Å². The van der Waals surface area contributed by atoms with Crippen molar-refractivity contribution < 1.29 is 9.34 Å². The molecule has 2 aromatic heterocycles. The van der Waals surface area contributed by atoms with Gasteiger partial charge in [0.15, 0.2) is 5.11 Å². The van der Waals surface area contributed by atoms with Crippen LogP contribution in [0.25, 0.3) is 11.3 Å². The maximum atomic E-state index is 11.1. The molecule has 0 saturated carbocycles. The number of nitro groups is 1. The molecule has 1 fully saturated rings. The van der Waals surface area contributed by atoms with Crippen molar-refractivity contribution in [3.63, 3.8) is 0 Å². The molecule has 0 unspecified atom stereocenters. The highest BCUT2D eigenvalue weighted by Crippen LogP contribution is 2.40. The predicted octanol–water partition coefficient (Wildman–Crippen LogP) is 4.63. The smallest absolute Gasteiger partial charge is 0.270 e. The summed E-state index contributed by atoms with van der Waals surface area (Å²) in [6.45, 7) is 2.89. The molecule has 1 aliphatic heterocycles. The van der Waals surface area contributed by atoms with Gasteiger partial charge >= 0.3 is 0 Å². The van der Waals surface area contributed by atoms with E-state index in [1.165, 1.54) is 12.1 Å². The average molecular weight is 408 g/mol. The zero-order valence-corrected chi connectivity index (χ0v) is 16.6. The lowest BCUT2D eigenvalue weighted by atomic mass is 10.0. The molecule has 0 amide bonds. The van der Waals surface area contributed by atoms with Crippen LogP contribution < -0.4 is 5.32 Å². The minimum absolute atomic E-state index is 0.0307. The fraction of sp³-hybridized carbons (Fsp3) is 0.238. The Kier molecular flexibility index (Phi) is 5.26. The van der Waals surface area contributed by atoms with E-state index < -0.39 is 4.92 Å². The zero-order valence-electron chi connectivity index (χ0n) is 15.8. The van der Waals surface area contributed by atoms with Gasteiger partial charge in [-0.2, -0.15) is 0 Å². The quantitative estimate of drug-likeness (QED) is 0.361. The Bertz CT molecular complexity index is 1040. The van der Waals surface area contributed by atoms with Gasteiger partial charge < -0.3 is 14.6 Å². The minimum atomic E-state index is -0.410. The molecule has 1 N–H and O–H groups in total. The van der Waals surface area contributed by atoms with Gasteiger partial charge in [0.25, 0.3) is 5.69 Å². The minimum Gasteiger partial charge on any atom is -0.459 e. The number of nitrogens with one attached hydrogen (secondary N) is 1. The molecule has 1 aromatic carbocycles. The second kappa shape index (κ2) is 8.00. The molecule has 7 nitrogen and oxygen atoms in total. The lowest BCUT2D eigenvalue weighted by molar-refractivity contribution is -0.384. The first-order valence-electron chi connectivity index (χ1n) is 9.41. The van der Waals surface area contributed by atoms with E-state index in [9.17, 15) is 10.1 Å². The molecule has 0 spiro atoms. The summed E-state index contributed by atoms with van der Waals surface area (Å²) in [6, 6.07) is 15.7. The molecule has 0 radical (unpaired) electrons. The number of benzene rings is 1. The first kappa shape index (κ1) is 19.1. The number of pyridine rings is 1. The Labute approximate surface area is 173 Å². The second-order valence-electron chi connectivity index (χ2n) is 6.83. The van der Waals surface area contributed by atoms with Crippen molar-refractivity contribution in [2.24, 2.45) is 0 Å². The van der Waals surface area contributed by atoms with Crippen LogP contribution >= 0.6 is 12.2 Å². The van der Waals surface area contributed by atoms with Crippen molar-refractivity contribution in [3.05, 3.63) is 82.4 Å². The van der Waals surface area contributed by atoms with Crippen molar-refractivity contribution in [1.29, 1.82) is 0 Å². The van der Waals surface area contributed by atoms with Gasteiger partial charge in [-0.25, -0.2) is 0 Å². The van der Waals surface area contributed by atoms with E-state index in [1.807, 2.05) is 30.3 Å². The summed E-state index contributed by atoms with van der Waals surface area (Å²) in [5.74, 6) is 1.32. The van der Waals surface area contributed by atoms with Crippen LogP contribution in [0.3, 0.4) is 0 Å². The van der Waals surface area contributed by atoms with Crippen molar-refractivity contribution in [1.82, 2.24) is 15.2 Å². The Balaban J connectivity index is 1.72. The van der Waals surface area contributed by atoms with Crippen molar-refractivity contribution >= 4 is 23.0 Å². The number of hydrogen-bond acceptors (Lipinski definition) is 5. The SMILES string of the molecule is CCCN1C(=S)N[C@H](c2ccccn2)[C@H]1c1ccc(-c2cccc([N+](=O)[O-])c2)o1. The Morgan fingerprint density at radius 1 is 1.24 bits per heavy atom. The van der Waals surface area contributed by atoms with Gasteiger partial charge in [0.05, 0.1) is 16.7 Å². The third-order valence-corrected chi connectivity index (χ3v) is 5.27. The van der Waals surface area contributed by atoms with Gasteiger partial charge in [-0.3, -0.25) is 15.1 Å². The van der Waals surface area contributed by atoms with E-state index >= 15 is 0 Å². The molecular weight excluding hydrogens is 388 g/mol. The van der Waals surface area contributed by atoms with Crippen LogP contribution in [0.1, 0.15) is 36.9 Å². The lowest BCUT2D eigenvalue weighted by Crippen LogP contribution is -2.30. The summed E-state index contributed by atoms with van der Waals surface area (Å²) >= 11 is 5.58. The summed E-state index contributed by atoms with van der Waals surface area (Å²) < 4.78 is 6.17. The predicted molar refractivity (Wildman–Crippen MR) is 113 cm³/mol. The number of nitro benzene ring substituents is 1. The van der Waals surface area contributed by atoms with Gasteiger partial charge in [-0.15, -0.1) is 0 Å². The number of aromatic nitrogens is 1. The first-order valence-corrected chi connectivity index (χ1v) is 9.82. The molecule has 3 aromatic rings. The molecule has 8 heteroatoms. The van der Waals surface area contributed by atoms with Crippen LogP contribution in [0.5, 0.6) is 0 Å². The highest BCUT2D eigenvalue weighted by Gasteiger charge is 2.41. The average Bonchev–Trinajstić information content (AvgIpc) is 3.34. The van der Waals surface area contributed by atoms with Crippen LogP contribution in [0.15, 0.2) is 65.2 Å². The van der Waals surface area contributed by atoms with Crippen LogP contribution in [-0.2, 0) is 0 Å². The largest absolute Gasteiger partial charge is 0.459 e. The number of rotatable bonds is 6. The van der Waals surface area contributed by atoms with Crippen LogP contribution in [-0.4, -0.2) is 26.5 Å². The van der Waals surface area contributed by atoms with Gasteiger partial charge in [0.1, 0.15) is 17.6 Å². The Morgan fingerprint density at radius 2 is 2.10 bits per heavy atom. The fourth-order valence-electron chi connectivity index (χ4n) is 3.64. The van der Waals surface area contributed by atoms with Crippen LogP contribution in [0.2, 0.25) is 0 Å². The van der Waals surface area contributed by atoms with Crippen molar-refractivity contribution in [2.75, 3.05) is 6.54 Å². The summed E-state index contributed by atoms with van der Waals surface area (Å²) in [5.41, 5.74) is 1.57. The second-order valence-corrected chi connectivity index (χ2v) is 7.22. The maximum Gasteiger partial charge on any atom is 0.270 e. The van der Waals surface area contributed by atoms with Gasteiger partial charge in [-0.1, -0.05) is 25.1 Å². The zero-order chi connectivity index (χ0) is 20.4. The molecule has 0 aliphatic carbocycles. The van der Waals surface area contributed by atoms with Gasteiger partial charge in [-0.05, 0) is 42.9 Å². The Hall–Kier alpha value is -3.26. The number of thiocarbonyl (C=S) groups is 1. The highest BCUT2D eigenvalue weighted by molar-refractivity contribution is 7.80. The normalized spacial score (nSPS) is 18.7. The van der Waals surface area contributed by atoms with E-state index in [0.29, 0.717) is 16.4 Å². The monoisotopic (exact) mass is 408 g/mol. The molecule has 0 bridgehead atoms. The Morgan fingerprint density at radius 3 is 2.83 bits per heavy atom. The standard InChI is InChI=1S/C21H20N4O3S/c1-2-12-24-20(19(23-21(24)29)16-8-3-4-11-22-16)18-10-9-17(28-18)14-6-5-7-15(13-14)25(26)27/h3-11,13,19-20H,2,12H2,1H3,(H,23,29)/t19-,20-/m1/s1. The first-order chi connectivity index (χ1) is 14.1. The van der Waals surface area contributed by atoms with E-state index in [0.717, 1.165) is 24.4 Å². The van der Waals surface area contributed by atoms with Gasteiger partial charge in [0.2, 0.25) is 0 Å². The molecule has 1 saturated heterocycles.